The summed E-state index contributed by atoms with van der Waals surface area (Å²) in [7, 11) is 1.81. The number of benzene rings is 2. The Morgan fingerprint density at radius 2 is 2.10 bits per heavy atom. The largest absolute Gasteiger partial charge is 0.457 e. The lowest BCUT2D eigenvalue weighted by atomic mass is 10.2. The van der Waals surface area contributed by atoms with E-state index in [1.54, 1.807) is 24.3 Å². The highest BCUT2D eigenvalue weighted by atomic mass is 79.9. The first kappa shape index (κ1) is 15.8. The van der Waals surface area contributed by atoms with Crippen molar-refractivity contribution in [1.29, 1.82) is 0 Å². The van der Waals surface area contributed by atoms with Crippen molar-refractivity contribution >= 4 is 33.2 Å². The molecule has 0 aliphatic rings. The Morgan fingerprint density at radius 1 is 1.33 bits per heavy atom. The molecule has 110 valence electrons. The molecule has 5 nitrogen and oxygen atoms in total. The maximum absolute atomic E-state index is 10.9. The van der Waals surface area contributed by atoms with Gasteiger partial charge in [0.05, 0.1) is 11.0 Å². The Labute approximate surface area is 135 Å². The van der Waals surface area contributed by atoms with Gasteiger partial charge in [0.1, 0.15) is 11.5 Å². The van der Waals surface area contributed by atoms with Gasteiger partial charge in [-0.2, -0.15) is 0 Å². The van der Waals surface area contributed by atoms with Crippen LogP contribution in [0.15, 0.2) is 40.9 Å². The molecule has 0 fully saturated rings. The predicted octanol–water partition coefficient (Wildman–Crippen LogP) is 4.52. The maximum Gasteiger partial charge on any atom is 0.274 e. The van der Waals surface area contributed by atoms with E-state index in [-0.39, 0.29) is 5.69 Å². The van der Waals surface area contributed by atoms with Crippen molar-refractivity contribution in [2.75, 3.05) is 7.05 Å². The molecule has 0 heterocycles. The van der Waals surface area contributed by atoms with Crippen LogP contribution in [0.2, 0.25) is 5.02 Å². The molecule has 0 saturated heterocycles. The molecule has 0 radical (unpaired) electrons. The van der Waals surface area contributed by atoms with Crippen molar-refractivity contribution in [2.24, 2.45) is 0 Å². The molecule has 0 bridgehead atoms. The molecule has 2 rings (SSSR count). The normalized spacial score (nSPS) is 10.4. The summed E-state index contributed by atoms with van der Waals surface area (Å²) in [6.45, 7) is 0.575. The van der Waals surface area contributed by atoms with Crippen LogP contribution in [0.25, 0.3) is 0 Å². The highest BCUT2D eigenvalue weighted by Gasteiger charge is 2.12. The molecule has 0 spiro atoms. The summed E-state index contributed by atoms with van der Waals surface area (Å²) in [4.78, 5) is 10.4. The van der Waals surface area contributed by atoms with Crippen LogP contribution in [0.3, 0.4) is 0 Å². The molecule has 1 N–H and O–H groups in total. The van der Waals surface area contributed by atoms with Crippen LogP contribution in [0.1, 0.15) is 5.56 Å². The summed E-state index contributed by atoms with van der Waals surface area (Å²) in [6.07, 6.45) is 0. The van der Waals surface area contributed by atoms with Crippen LogP contribution in [-0.4, -0.2) is 12.0 Å². The minimum Gasteiger partial charge on any atom is -0.457 e. The number of nitrogens with one attached hydrogen (secondary N) is 1. The third-order valence-corrected chi connectivity index (χ3v) is 3.38. The quantitative estimate of drug-likeness (QED) is 0.620. The highest BCUT2D eigenvalue weighted by molar-refractivity contribution is 9.10. The summed E-state index contributed by atoms with van der Waals surface area (Å²) in [6, 6.07) is 9.71. The van der Waals surface area contributed by atoms with Crippen LogP contribution in [0, 0.1) is 10.1 Å². The molecule has 2 aromatic carbocycles. The molecule has 7 heteroatoms. The molecule has 0 unspecified atom stereocenters. The summed E-state index contributed by atoms with van der Waals surface area (Å²) in [5.41, 5.74) is 0.830. The molecule has 0 atom stereocenters. The fourth-order valence-corrected chi connectivity index (χ4v) is 2.47. The minimum atomic E-state index is -0.464. The van der Waals surface area contributed by atoms with Gasteiger partial charge in [0, 0.05) is 27.7 Å². The number of nitro benzene ring substituents is 1. The standard InChI is InChI=1S/C14H12BrClN2O3/c1-17-8-9-4-11(16)2-3-14(9)21-13-6-10(15)5-12(7-13)18(19)20/h2-7,17H,8H2,1H3. The second-order valence-corrected chi connectivity index (χ2v) is 5.64. The van der Waals surface area contributed by atoms with E-state index >= 15 is 0 Å². The van der Waals surface area contributed by atoms with E-state index in [9.17, 15) is 10.1 Å². The van der Waals surface area contributed by atoms with E-state index in [4.69, 9.17) is 16.3 Å². The van der Waals surface area contributed by atoms with E-state index in [2.05, 4.69) is 21.2 Å². The van der Waals surface area contributed by atoms with Crippen molar-refractivity contribution in [1.82, 2.24) is 5.32 Å². The number of nitrogens with zero attached hydrogens (tertiary/aromatic N) is 1. The average Bonchev–Trinajstić information content (AvgIpc) is 2.41. The first-order valence-corrected chi connectivity index (χ1v) is 7.22. The van der Waals surface area contributed by atoms with Gasteiger partial charge in [-0.05, 0) is 31.3 Å². The number of halogens is 2. The predicted molar refractivity (Wildman–Crippen MR) is 85.1 cm³/mol. The Balaban J connectivity index is 2.35. The highest BCUT2D eigenvalue weighted by Crippen LogP contribution is 2.32. The Bertz CT molecular complexity index is 679. The summed E-state index contributed by atoms with van der Waals surface area (Å²) < 4.78 is 6.34. The van der Waals surface area contributed by atoms with Gasteiger partial charge in [0.15, 0.2) is 0 Å². The van der Waals surface area contributed by atoms with Gasteiger partial charge < -0.3 is 10.1 Å². The van der Waals surface area contributed by atoms with Gasteiger partial charge in [-0.3, -0.25) is 10.1 Å². The molecule has 0 aliphatic carbocycles. The molecule has 0 aromatic heterocycles. The fourth-order valence-electron chi connectivity index (χ4n) is 1.82. The second kappa shape index (κ2) is 6.89. The van der Waals surface area contributed by atoms with E-state index in [0.29, 0.717) is 27.5 Å². The monoisotopic (exact) mass is 370 g/mol. The first-order valence-electron chi connectivity index (χ1n) is 6.05. The Morgan fingerprint density at radius 3 is 2.76 bits per heavy atom. The number of rotatable bonds is 5. The van der Waals surface area contributed by atoms with Crippen molar-refractivity contribution in [3.05, 3.63) is 61.6 Å². The lowest BCUT2D eigenvalue weighted by Crippen LogP contribution is -2.06. The van der Waals surface area contributed by atoms with Crippen molar-refractivity contribution in [3.8, 4) is 11.5 Å². The lowest BCUT2D eigenvalue weighted by molar-refractivity contribution is -0.385. The number of ether oxygens (including phenoxy) is 1. The minimum absolute atomic E-state index is 0.0384. The lowest BCUT2D eigenvalue weighted by Gasteiger charge is -2.11. The van der Waals surface area contributed by atoms with Gasteiger partial charge in [-0.15, -0.1) is 0 Å². The molecular weight excluding hydrogens is 360 g/mol. The molecule has 0 amide bonds. The Kier molecular flexibility index (Phi) is 5.17. The van der Waals surface area contributed by atoms with Crippen LogP contribution < -0.4 is 10.1 Å². The fraction of sp³-hybridized carbons (Fsp3) is 0.143. The van der Waals surface area contributed by atoms with E-state index in [1.807, 2.05) is 7.05 Å². The van der Waals surface area contributed by atoms with Gasteiger partial charge in [0.2, 0.25) is 0 Å². The third-order valence-electron chi connectivity index (χ3n) is 2.68. The number of nitro groups is 1. The number of non-ortho nitro benzene ring substituents is 1. The Hall–Kier alpha value is -1.63. The van der Waals surface area contributed by atoms with Gasteiger partial charge >= 0.3 is 0 Å². The van der Waals surface area contributed by atoms with Crippen LogP contribution in [-0.2, 0) is 6.54 Å². The van der Waals surface area contributed by atoms with Crippen molar-refractivity contribution in [2.45, 2.75) is 6.54 Å². The van der Waals surface area contributed by atoms with Crippen LogP contribution >= 0.6 is 27.5 Å². The molecule has 21 heavy (non-hydrogen) atoms. The summed E-state index contributed by atoms with van der Waals surface area (Å²) in [5.74, 6) is 0.983. The zero-order valence-corrected chi connectivity index (χ0v) is 13.4. The number of hydrogen-bond donors (Lipinski definition) is 1. The smallest absolute Gasteiger partial charge is 0.274 e. The van der Waals surface area contributed by atoms with E-state index in [1.165, 1.54) is 12.1 Å². The van der Waals surface area contributed by atoms with Crippen LogP contribution in [0.5, 0.6) is 11.5 Å². The second-order valence-electron chi connectivity index (χ2n) is 4.29. The molecule has 0 aliphatic heterocycles. The summed E-state index contributed by atoms with van der Waals surface area (Å²) >= 11 is 9.21. The zero-order valence-electron chi connectivity index (χ0n) is 11.1. The van der Waals surface area contributed by atoms with Gasteiger partial charge in [0.25, 0.3) is 5.69 Å². The molecular formula is C14H12BrClN2O3. The van der Waals surface area contributed by atoms with E-state index < -0.39 is 4.92 Å². The third kappa shape index (κ3) is 4.17. The first-order chi connectivity index (χ1) is 9.99. The number of hydrogen-bond acceptors (Lipinski definition) is 4. The van der Waals surface area contributed by atoms with Crippen molar-refractivity contribution in [3.63, 3.8) is 0 Å². The zero-order chi connectivity index (χ0) is 15.4. The van der Waals surface area contributed by atoms with Crippen LogP contribution in [0.4, 0.5) is 5.69 Å². The summed E-state index contributed by atoms with van der Waals surface area (Å²) in [5, 5.41) is 14.5. The molecule has 0 saturated carbocycles. The van der Waals surface area contributed by atoms with Gasteiger partial charge in [-0.25, -0.2) is 0 Å². The van der Waals surface area contributed by atoms with Crippen molar-refractivity contribution < 1.29 is 9.66 Å². The van der Waals surface area contributed by atoms with Gasteiger partial charge in [-0.1, -0.05) is 27.5 Å². The maximum atomic E-state index is 10.9. The van der Waals surface area contributed by atoms with E-state index in [0.717, 1.165) is 5.56 Å². The SMILES string of the molecule is CNCc1cc(Cl)ccc1Oc1cc(Br)cc([N+](=O)[O-])c1. The average molecular weight is 372 g/mol. The topological polar surface area (TPSA) is 64.4 Å². The molecule has 2 aromatic rings.